The molecule has 0 saturated carbocycles. The number of nitriles is 1. The van der Waals surface area contributed by atoms with Gasteiger partial charge in [-0.2, -0.15) is 10.4 Å². The summed E-state index contributed by atoms with van der Waals surface area (Å²) >= 11 is 1.50. The molecule has 0 fully saturated rings. The average molecular weight is 219 g/mol. The summed E-state index contributed by atoms with van der Waals surface area (Å²) in [5.74, 6) is 0. The van der Waals surface area contributed by atoms with E-state index < -0.39 is 0 Å². The summed E-state index contributed by atoms with van der Waals surface area (Å²) in [5.41, 5.74) is 1.13. The fourth-order valence-electron chi connectivity index (χ4n) is 1.44. The van der Waals surface area contributed by atoms with Gasteiger partial charge in [-0.25, -0.2) is 14.6 Å². The number of hydrogen-bond acceptors (Lipinski definition) is 5. The van der Waals surface area contributed by atoms with Crippen molar-refractivity contribution in [2.45, 2.75) is 18.5 Å². The van der Waals surface area contributed by atoms with Crippen LogP contribution in [0.3, 0.4) is 0 Å². The maximum atomic E-state index is 8.97. The molecule has 0 aliphatic heterocycles. The van der Waals surface area contributed by atoms with Crippen molar-refractivity contribution in [3.8, 4) is 6.07 Å². The Morgan fingerprint density at radius 1 is 1.53 bits per heavy atom. The van der Waals surface area contributed by atoms with Crippen molar-refractivity contribution in [1.82, 2.24) is 19.7 Å². The van der Waals surface area contributed by atoms with Crippen molar-refractivity contribution < 1.29 is 0 Å². The number of aryl methyl sites for hydroxylation is 1. The standard InChI is InChI=1S/C9H9N5S/c1-3-14-8-7(6(4-10)13-14)9(15-2)12-5-11-8/h5H,3H2,1-2H3. The summed E-state index contributed by atoms with van der Waals surface area (Å²) < 4.78 is 1.72. The summed E-state index contributed by atoms with van der Waals surface area (Å²) in [6.07, 6.45) is 3.43. The summed E-state index contributed by atoms with van der Waals surface area (Å²) in [7, 11) is 0. The zero-order valence-corrected chi connectivity index (χ0v) is 9.25. The van der Waals surface area contributed by atoms with Crippen molar-refractivity contribution in [1.29, 1.82) is 5.26 Å². The highest BCUT2D eigenvalue weighted by Crippen LogP contribution is 2.25. The van der Waals surface area contributed by atoms with Gasteiger partial charge in [-0.05, 0) is 13.2 Å². The third-order valence-electron chi connectivity index (χ3n) is 2.09. The molecule has 0 bridgehead atoms. The van der Waals surface area contributed by atoms with Gasteiger partial charge >= 0.3 is 0 Å². The lowest BCUT2D eigenvalue weighted by atomic mass is 10.3. The average Bonchev–Trinajstić information content (AvgIpc) is 2.66. The first kappa shape index (κ1) is 9.93. The van der Waals surface area contributed by atoms with Crippen molar-refractivity contribution in [3.05, 3.63) is 12.0 Å². The molecule has 76 valence electrons. The van der Waals surface area contributed by atoms with Crippen LogP contribution in [0.5, 0.6) is 0 Å². The fourth-order valence-corrected chi connectivity index (χ4v) is 1.98. The zero-order chi connectivity index (χ0) is 10.8. The Kier molecular flexibility index (Phi) is 2.56. The zero-order valence-electron chi connectivity index (χ0n) is 8.43. The largest absolute Gasteiger partial charge is 0.246 e. The van der Waals surface area contributed by atoms with Gasteiger partial charge in [-0.3, -0.25) is 0 Å². The molecule has 2 heterocycles. The molecule has 0 aliphatic rings. The van der Waals surface area contributed by atoms with Gasteiger partial charge in [-0.15, -0.1) is 11.8 Å². The molecular weight excluding hydrogens is 210 g/mol. The first-order valence-corrected chi connectivity index (χ1v) is 5.69. The summed E-state index contributed by atoms with van der Waals surface area (Å²) in [6.45, 7) is 2.66. The monoisotopic (exact) mass is 219 g/mol. The van der Waals surface area contributed by atoms with E-state index in [2.05, 4.69) is 21.1 Å². The molecule has 2 rings (SSSR count). The van der Waals surface area contributed by atoms with Crippen LogP contribution in [0.4, 0.5) is 0 Å². The molecule has 0 radical (unpaired) electrons. The fraction of sp³-hybridized carbons (Fsp3) is 0.333. The van der Waals surface area contributed by atoms with Crippen molar-refractivity contribution in [2.24, 2.45) is 0 Å². The third-order valence-corrected chi connectivity index (χ3v) is 2.79. The van der Waals surface area contributed by atoms with Crippen LogP contribution in [-0.2, 0) is 6.54 Å². The first-order valence-electron chi connectivity index (χ1n) is 4.47. The molecule has 2 aromatic heterocycles. The Balaban J connectivity index is 2.86. The molecule has 5 nitrogen and oxygen atoms in total. The second-order valence-corrected chi connectivity index (χ2v) is 3.65. The van der Waals surface area contributed by atoms with Crippen LogP contribution < -0.4 is 0 Å². The molecule has 0 N–H and O–H groups in total. The predicted octanol–water partition coefficient (Wildman–Crippen LogP) is 1.44. The van der Waals surface area contributed by atoms with E-state index in [1.165, 1.54) is 18.1 Å². The molecule has 0 aliphatic carbocycles. The third kappa shape index (κ3) is 1.45. The van der Waals surface area contributed by atoms with Crippen molar-refractivity contribution in [3.63, 3.8) is 0 Å². The molecule has 0 unspecified atom stereocenters. The first-order chi connectivity index (χ1) is 7.31. The number of nitrogens with zero attached hydrogens (tertiary/aromatic N) is 5. The van der Waals surface area contributed by atoms with Crippen LogP contribution in [0.25, 0.3) is 11.0 Å². The molecule has 0 spiro atoms. The van der Waals surface area contributed by atoms with Crippen LogP contribution in [0, 0.1) is 11.3 Å². The maximum Gasteiger partial charge on any atom is 0.174 e. The van der Waals surface area contributed by atoms with Gasteiger partial charge in [0, 0.05) is 6.54 Å². The molecule has 2 aromatic rings. The number of fused-ring (bicyclic) bond motifs is 1. The highest BCUT2D eigenvalue weighted by molar-refractivity contribution is 7.98. The van der Waals surface area contributed by atoms with Gasteiger partial charge in [0.05, 0.1) is 5.39 Å². The maximum absolute atomic E-state index is 8.97. The SMILES string of the molecule is CCn1nc(C#N)c2c(SC)ncnc21. The van der Waals surface area contributed by atoms with Crippen LogP contribution in [0.2, 0.25) is 0 Å². The van der Waals surface area contributed by atoms with Gasteiger partial charge in [-0.1, -0.05) is 0 Å². The minimum atomic E-state index is 0.400. The van der Waals surface area contributed by atoms with E-state index in [9.17, 15) is 0 Å². The van der Waals surface area contributed by atoms with Crippen molar-refractivity contribution in [2.75, 3.05) is 6.26 Å². The summed E-state index contributed by atoms with van der Waals surface area (Å²) in [5, 5.41) is 14.7. The minimum absolute atomic E-state index is 0.400. The highest BCUT2D eigenvalue weighted by atomic mass is 32.2. The Morgan fingerprint density at radius 3 is 2.93 bits per heavy atom. The lowest BCUT2D eigenvalue weighted by molar-refractivity contribution is 0.673. The molecule has 6 heteroatoms. The number of hydrogen-bond donors (Lipinski definition) is 0. The van der Waals surface area contributed by atoms with E-state index in [0.717, 1.165) is 16.1 Å². The van der Waals surface area contributed by atoms with E-state index >= 15 is 0 Å². The molecule has 0 atom stereocenters. The van der Waals surface area contributed by atoms with Gasteiger partial charge in [0.2, 0.25) is 0 Å². The quantitative estimate of drug-likeness (QED) is 0.564. The van der Waals surface area contributed by atoms with Gasteiger partial charge < -0.3 is 0 Å². The Bertz CT molecular complexity index is 539. The van der Waals surface area contributed by atoms with Gasteiger partial charge in [0.1, 0.15) is 17.4 Å². The second-order valence-electron chi connectivity index (χ2n) is 2.86. The summed E-state index contributed by atoms with van der Waals surface area (Å²) in [4.78, 5) is 8.28. The van der Waals surface area contributed by atoms with E-state index in [1.54, 1.807) is 4.68 Å². The highest BCUT2D eigenvalue weighted by Gasteiger charge is 2.14. The van der Waals surface area contributed by atoms with E-state index in [0.29, 0.717) is 12.2 Å². The van der Waals surface area contributed by atoms with Crippen LogP contribution in [0.1, 0.15) is 12.6 Å². The molecular formula is C9H9N5S. The van der Waals surface area contributed by atoms with Gasteiger partial charge in [0.25, 0.3) is 0 Å². The topological polar surface area (TPSA) is 67.4 Å². The molecule has 0 saturated heterocycles. The lowest BCUT2D eigenvalue weighted by Gasteiger charge is -1.98. The Morgan fingerprint density at radius 2 is 2.33 bits per heavy atom. The van der Waals surface area contributed by atoms with E-state index in [-0.39, 0.29) is 0 Å². The number of thioether (sulfide) groups is 1. The van der Waals surface area contributed by atoms with Crippen molar-refractivity contribution >= 4 is 22.8 Å². The van der Waals surface area contributed by atoms with E-state index in [4.69, 9.17) is 5.26 Å². The van der Waals surface area contributed by atoms with Gasteiger partial charge in [0.15, 0.2) is 11.3 Å². The van der Waals surface area contributed by atoms with E-state index in [1.807, 2.05) is 13.2 Å². The van der Waals surface area contributed by atoms with Crippen LogP contribution in [0.15, 0.2) is 11.4 Å². The second kappa shape index (κ2) is 3.87. The minimum Gasteiger partial charge on any atom is -0.246 e. The molecule has 0 aromatic carbocycles. The smallest absolute Gasteiger partial charge is 0.174 e. The normalized spacial score (nSPS) is 10.5. The summed E-state index contributed by atoms with van der Waals surface area (Å²) in [6, 6.07) is 2.07. The Labute approximate surface area is 91.1 Å². The Hall–Kier alpha value is -1.61. The predicted molar refractivity (Wildman–Crippen MR) is 57.5 cm³/mol. The number of aromatic nitrogens is 4. The lowest BCUT2D eigenvalue weighted by Crippen LogP contribution is -1.97. The van der Waals surface area contributed by atoms with Crippen LogP contribution >= 0.6 is 11.8 Å². The number of rotatable bonds is 2. The molecule has 0 amide bonds. The van der Waals surface area contributed by atoms with Crippen LogP contribution in [-0.4, -0.2) is 26.0 Å². The molecule has 15 heavy (non-hydrogen) atoms.